The Bertz CT molecular complexity index is 1330. The minimum absolute atomic E-state index is 0.186. The molecule has 0 radical (unpaired) electrons. The van der Waals surface area contributed by atoms with Gasteiger partial charge in [-0.25, -0.2) is 14.2 Å². The van der Waals surface area contributed by atoms with E-state index in [2.05, 4.69) is 23.4 Å². The maximum atomic E-state index is 13.9. The van der Waals surface area contributed by atoms with Gasteiger partial charge in [0.05, 0.1) is 29.7 Å². The van der Waals surface area contributed by atoms with E-state index >= 15 is 0 Å². The molecule has 1 saturated carbocycles. The van der Waals surface area contributed by atoms with Gasteiger partial charge in [-0.1, -0.05) is 13.3 Å². The maximum Gasteiger partial charge on any atom is 0.420 e. The zero-order chi connectivity index (χ0) is 28.2. The molecule has 0 atom stereocenters. The fourth-order valence-electron chi connectivity index (χ4n) is 5.12. The molecule has 39 heavy (non-hydrogen) atoms. The van der Waals surface area contributed by atoms with Crippen LogP contribution in [0.25, 0.3) is 5.52 Å². The van der Waals surface area contributed by atoms with Crippen molar-refractivity contribution in [2.45, 2.75) is 90.8 Å². The smallest absolute Gasteiger partial charge is 0.420 e. The molecular formula is C30H40N6O3. The van der Waals surface area contributed by atoms with Crippen molar-refractivity contribution in [1.29, 1.82) is 5.26 Å². The van der Waals surface area contributed by atoms with Crippen LogP contribution in [-0.2, 0) is 11.2 Å². The highest BCUT2D eigenvalue weighted by Crippen LogP contribution is 2.40. The lowest BCUT2D eigenvalue weighted by Crippen LogP contribution is -2.36. The van der Waals surface area contributed by atoms with E-state index in [0.29, 0.717) is 41.4 Å². The van der Waals surface area contributed by atoms with Gasteiger partial charge in [0.2, 0.25) is 0 Å². The van der Waals surface area contributed by atoms with Crippen LogP contribution in [0.4, 0.5) is 22.0 Å². The normalized spacial score (nSPS) is 17.5. The molecule has 0 spiro atoms. The summed E-state index contributed by atoms with van der Waals surface area (Å²) in [6, 6.07) is 12.0. The lowest BCUT2D eigenvalue weighted by Gasteiger charge is -2.32. The number of fused-ring (bicyclic) bond motifs is 1. The van der Waals surface area contributed by atoms with E-state index in [0.717, 1.165) is 43.4 Å². The number of nitrogens with zero attached hydrogens (tertiary/aromatic N) is 4. The number of ether oxygens (including phenoxy) is 2. The number of nitrogens with one attached hydrogen (secondary N) is 1. The van der Waals surface area contributed by atoms with Crippen LogP contribution in [-0.4, -0.2) is 40.0 Å². The number of hydrogen-bond acceptors (Lipinski definition) is 7. The topological polar surface area (TPSA) is 118 Å². The van der Waals surface area contributed by atoms with Crippen molar-refractivity contribution < 1.29 is 14.3 Å². The van der Waals surface area contributed by atoms with Gasteiger partial charge >= 0.3 is 6.09 Å². The minimum Gasteiger partial charge on any atom is -0.494 e. The molecule has 0 bridgehead atoms. The molecule has 2 aromatic heterocycles. The number of carbonyl (C=O) groups is 1. The summed E-state index contributed by atoms with van der Waals surface area (Å²) in [6.45, 7) is 10.1. The van der Waals surface area contributed by atoms with Crippen LogP contribution in [0, 0.1) is 11.3 Å². The monoisotopic (exact) mass is 532 g/mol. The number of rotatable bonds is 8. The van der Waals surface area contributed by atoms with E-state index in [1.54, 1.807) is 15.6 Å². The second-order valence-electron chi connectivity index (χ2n) is 11.0. The molecule has 0 unspecified atom stereocenters. The molecule has 1 aromatic carbocycles. The number of nitrogens with two attached hydrogens (primary N) is 1. The summed E-state index contributed by atoms with van der Waals surface area (Å²) in [5, 5.41) is 18.6. The maximum absolute atomic E-state index is 13.9. The van der Waals surface area contributed by atoms with E-state index < -0.39 is 11.7 Å². The Morgan fingerprint density at radius 1 is 1.18 bits per heavy atom. The Labute approximate surface area is 230 Å². The summed E-state index contributed by atoms with van der Waals surface area (Å²) in [6.07, 6.45) is 6.27. The number of hydrogen-bond donors (Lipinski definition) is 2. The Kier molecular flexibility index (Phi) is 8.66. The van der Waals surface area contributed by atoms with Crippen LogP contribution in [0.5, 0.6) is 5.75 Å². The third-order valence-corrected chi connectivity index (χ3v) is 6.85. The SMILES string of the molecule is CCCc1c(NC2CCC(N)CC2)c(C#N)c2ccnn2c1N(C(=O)OC(C)(C)C)c1ccc(OCC)cc1. The fraction of sp³-hybridized carbons (Fsp3) is 0.500. The second kappa shape index (κ2) is 12.0. The summed E-state index contributed by atoms with van der Waals surface area (Å²) in [5.74, 6) is 1.27. The van der Waals surface area contributed by atoms with Crippen molar-refractivity contribution in [2.75, 3.05) is 16.8 Å². The zero-order valence-electron chi connectivity index (χ0n) is 23.7. The Hall–Kier alpha value is -3.77. The number of pyridine rings is 1. The van der Waals surface area contributed by atoms with Gasteiger partial charge in [-0.05, 0) is 90.1 Å². The first-order valence-electron chi connectivity index (χ1n) is 13.9. The molecule has 3 aromatic rings. The second-order valence-corrected chi connectivity index (χ2v) is 11.0. The molecule has 1 amide bonds. The molecule has 1 aliphatic carbocycles. The molecule has 3 N–H and O–H groups in total. The first-order valence-corrected chi connectivity index (χ1v) is 13.9. The summed E-state index contributed by atoms with van der Waals surface area (Å²) in [7, 11) is 0. The molecule has 2 heterocycles. The van der Waals surface area contributed by atoms with Gasteiger partial charge in [0.15, 0.2) is 0 Å². The summed E-state index contributed by atoms with van der Waals surface area (Å²) in [4.78, 5) is 15.5. The first kappa shape index (κ1) is 28.2. The highest BCUT2D eigenvalue weighted by molar-refractivity contribution is 5.98. The molecule has 4 rings (SSSR count). The van der Waals surface area contributed by atoms with Crippen molar-refractivity contribution in [3.8, 4) is 11.8 Å². The number of anilines is 3. The van der Waals surface area contributed by atoms with Crippen molar-refractivity contribution in [3.05, 3.63) is 47.7 Å². The summed E-state index contributed by atoms with van der Waals surface area (Å²) >= 11 is 0. The summed E-state index contributed by atoms with van der Waals surface area (Å²) < 4.78 is 13.2. The Morgan fingerprint density at radius 3 is 2.46 bits per heavy atom. The number of aromatic nitrogens is 2. The van der Waals surface area contributed by atoms with E-state index in [4.69, 9.17) is 15.2 Å². The van der Waals surface area contributed by atoms with Gasteiger partial charge in [0, 0.05) is 17.6 Å². The van der Waals surface area contributed by atoms with Gasteiger partial charge in [-0.3, -0.25) is 0 Å². The van der Waals surface area contributed by atoms with Crippen molar-refractivity contribution in [1.82, 2.24) is 9.61 Å². The number of amides is 1. The summed E-state index contributed by atoms with van der Waals surface area (Å²) in [5.41, 5.74) is 8.81. The lowest BCUT2D eigenvalue weighted by atomic mass is 9.91. The van der Waals surface area contributed by atoms with Crippen LogP contribution in [0.3, 0.4) is 0 Å². The third-order valence-electron chi connectivity index (χ3n) is 6.85. The molecule has 9 heteroatoms. The van der Waals surface area contributed by atoms with Crippen LogP contribution >= 0.6 is 0 Å². The Balaban J connectivity index is 1.95. The standard InChI is InChI=1S/C30H40N6O3/c1-6-8-24-27(34-21-11-9-20(32)10-12-21)25(19-31)26-17-18-33-36(26)28(24)35(29(37)39-30(3,4)5)22-13-15-23(16-14-22)38-7-2/h13-18,20-21,34H,6-12,32H2,1-5H3. The lowest BCUT2D eigenvalue weighted by molar-refractivity contribution is 0.0597. The van der Waals surface area contributed by atoms with E-state index in [-0.39, 0.29) is 12.1 Å². The van der Waals surface area contributed by atoms with E-state index in [1.807, 2.05) is 58.0 Å². The predicted octanol–water partition coefficient (Wildman–Crippen LogP) is 6.31. The highest BCUT2D eigenvalue weighted by atomic mass is 16.6. The van der Waals surface area contributed by atoms with Gasteiger partial charge in [-0.15, -0.1) is 0 Å². The minimum atomic E-state index is -0.719. The van der Waals surface area contributed by atoms with Gasteiger partial charge in [0.1, 0.15) is 28.8 Å². The molecular weight excluding hydrogens is 492 g/mol. The van der Waals surface area contributed by atoms with Crippen LogP contribution in [0.15, 0.2) is 36.5 Å². The van der Waals surface area contributed by atoms with Gasteiger partial charge in [0.25, 0.3) is 0 Å². The van der Waals surface area contributed by atoms with Gasteiger partial charge in [-0.2, -0.15) is 10.4 Å². The van der Waals surface area contributed by atoms with Crippen molar-refractivity contribution in [2.24, 2.45) is 5.73 Å². The van der Waals surface area contributed by atoms with Crippen molar-refractivity contribution >= 4 is 28.8 Å². The number of carbonyl (C=O) groups excluding carboxylic acids is 1. The van der Waals surface area contributed by atoms with Gasteiger partial charge < -0.3 is 20.5 Å². The number of benzene rings is 1. The third kappa shape index (κ3) is 6.28. The number of nitriles is 1. The van der Waals surface area contributed by atoms with E-state index in [1.165, 1.54) is 0 Å². The Morgan fingerprint density at radius 2 is 1.87 bits per heavy atom. The van der Waals surface area contributed by atoms with E-state index in [9.17, 15) is 10.1 Å². The predicted molar refractivity (Wildman–Crippen MR) is 154 cm³/mol. The molecule has 1 fully saturated rings. The van der Waals surface area contributed by atoms with Crippen LogP contribution in [0.1, 0.15) is 77.8 Å². The quantitative estimate of drug-likeness (QED) is 0.349. The van der Waals surface area contributed by atoms with Crippen molar-refractivity contribution in [3.63, 3.8) is 0 Å². The molecule has 208 valence electrons. The average Bonchev–Trinajstić information content (AvgIpc) is 3.37. The molecule has 0 saturated heterocycles. The molecule has 9 nitrogen and oxygen atoms in total. The first-order chi connectivity index (χ1) is 18.7. The highest BCUT2D eigenvalue weighted by Gasteiger charge is 2.32. The largest absolute Gasteiger partial charge is 0.494 e. The van der Waals surface area contributed by atoms with Crippen LogP contribution in [0.2, 0.25) is 0 Å². The fourth-order valence-corrected chi connectivity index (χ4v) is 5.12. The van der Waals surface area contributed by atoms with Crippen LogP contribution < -0.4 is 20.7 Å². The average molecular weight is 533 g/mol. The molecule has 0 aliphatic heterocycles. The zero-order valence-corrected chi connectivity index (χ0v) is 23.7. The molecule has 1 aliphatic rings.